The fourth-order valence-corrected chi connectivity index (χ4v) is 3.48. The van der Waals surface area contributed by atoms with E-state index in [-0.39, 0.29) is 5.91 Å². The number of anilines is 2. The molecule has 0 aliphatic heterocycles. The van der Waals surface area contributed by atoms with Crippen molar-refractivity contribution in [2.24, 2.45) is 0 Å². The molecule has 7 heteroatoms. The molecule has 134 valence electrons. The highest BCUT2D eigenvalue weighted by Gasteiger charge is 2.16. The number of ether oxygens (including phenoxy) is 1. The first-order valence-corrected chi connectivity index (χ1v) is 9.65. The highest BCUT2D eigenvalue weighted by atomic mass is 32.2. The fourth-order valence-electron chi connectivity index (χ4n) is 2.50. The van der Waals surface area contributed by atoms with Gasteiger partial charge >= 0.3 is 0 Å². The molecule has 0 heterocycles. The first-order valence-electron chi connectivity index (χ1n) is 7.80. The average molecular weight is 362 g/mol. The number of carbonyl (C=O) groups is 1. The Labute approximate surface area is 148 Å². The molecule has 0 radical (unpaired) electrons. The molecule has 0 unspecified atom stereocenters. The third-order valence-electron chi connectivity index (χ3n) is 3.71. The molecule has 0 fully saturated rings. The lowest BCUT2D eigenvalue weighted by Gasteiger charge is -2.20. The van der Waals surface area contributed by atoms with E-state index in [0.717, 1.165) is 11.8 Å². The van der Waals surface area contributed by atoms with Crippen LogP contribution >= 0.6 is 0 Å². The molecule has 2 aromatic rings. The van der Waals surface area contributed by atoms with E-state index in [1.165, 1.54) is 4.31 Å². The minimum atomic E-state index is -3.35. The van der Waals surface area contributed by atoms with Crippen molar-refractivity contribution in [3.8, 4) is 5.75 Å². The predicted molar refractivity (Wildman–Crippen MR) is 100.0 cm³/mol. The number of methoxy groups -OCH3 is 1. The van der Waals surface area contributed by atoms with Crippen molar-refractivity contribution in [3.63, 3.8) is 0 Å². The molecule has 0 saturated carbocycles. The summed E-state index contributed by atoms with van der Waals surface area (Å²) in [6.45, 7) is 4.00. The van der Waals surface area contributed by atoms with Gasteiger partial charge in [0.2, 0.25) is 10.0 Å². The largest absolute Gasteiger partial charge is 0.495 e. The molecule has 0 atom stereocenters. The van der Waals surface area contributed by atoms with Crippen LogP contribution in [-0.4, -0.2) is 34.2 Å². The summed E-state index contributed by atoms with van der Waals surface area (Å²) in [4.78, 5) is 12.4. The smallest absolute Gasteiger partial charge is 0.255 e. The van der Waals surface area contributed by atoms with Crippen LogP contribution in [0.25, 0.3) is 0 Å². The number of amides is 1. The topological polar surface area (TPSA) is 75.7 Å². The number of hydrogen-bond acceptors (Lipinski definition) is 4. The van der Waals surface area contributed by atoms with Crippen LogP contribution in [-0.2, 0) is 10.0 Å². The second kappa shape index (κ2) is 7.57. The molecule has 0 aromatic heterocycles. The van der Waals surface area contributed by atoms with Gasteiger partial charge in [0, 0.05) is 12.1 Å². The lowest BCUT2D eigenvalue weighted by atomic mass is 10.1. The highest BCUT2D eigenvalue weighted by molar-refractivity contribution is 7.92. The molecular formula is C18H22N2O4S. The number of rotatable bonds is 6. The van der Waals surface area contributed by atoms with Crippen molar-refractivity contribution in [2.45, 2.75) is 13.8 Å². The van der Waals surface area contributed by atoms with Gasteiger partial charge in [-0.3, -0.25) is 9.10 Å². The van der Waals surface area contributed by atoms with Crippen molar-refractivity contribution < 1.29 is 17.9 Å². The summed E-state index contributed by atoms with van der Waals surface area (Å²) in [6, 6.07) is 11.9. The second-order valence-corrected chi connectivity index (χ2v) is 7.54. The second-order valence-electron chi connectivity index (χ2n) is 5.63. The Morgan fingerprint density at radius 1 is 1.16 bits per heavy atom. The Balaban J connectivity index is 2.23. The molecule has 2 rings (SSSR count). The number of nitrogens with zero attached hydrogens (tertiary/aromatic N) is 1. The van der Waals surface area contributed by atoms with E-state index in [2.05, 4.69) is 5.32 Å². The summed E-state index contributed by atoms with van der Waals surface area (Å²) in [5, 5.41) is 2.82. The van der Waals surface area contributed by atoms with Gasteiger partial charge in [0.25, 0.3) is 5.91 Å². The summed E-state index contributed by atoms with van der Waals surface area (Å²) in [7, 11) is -1.81. The van der Waals surface area contributed by atoms with Gasteiger partial charge in [-0.15, -0.1) is 0 Å². The molecule has 2 aromatic carbocycles. The van der Waals surface area contributed by atoms with Crippen LogP contribution in [0.5, 0.6) is 5.75 Å². The summed E-state index contributed by atoms with van der Waals surface area (Å²) in [5.74, 6) is 0.280. The Kier molecular flexibility index (Phi) is 5.69. The number of sulfonamides is 1. The average Bonchev–Trinajstić information content (AvgIpc) is 2.55. The van der Waals surface area contributed by atoms with Crippen molar-refractivity contribution in [1.29, 1.82) is 0 Å². The fraction of sp³-hybridized carbons (Fsp3) is 0.278. The van der Waals surface area contributed by atoms with Crippen LogP contribution in [0.1, 0.15) is 22.8 Å². The highest BCUT2D eigenvalue weighted by Crippen LogP contribution is 2.26. The molecule has 1 N–H and O–H groups in total. The molecule has 0 aliphatic rings. The van der Waals surface area contributed by atoms with Gasteiger partial charge in [-0.1, -0.05) is 6.07 Å². The maximum absolute atomic E-state index is 12.4. The van der Waals surface area contributed by atoms with Crippen LogP contribution < -0.4 is 14.4 Å². The van der Waals surface area contributed by atoms with Crippen molar-refractivity contribution in [3.05, 3.63) is 53.6 Å². The summed E-state index contributed by atoms with van der Waals surface area (Å²) < 4.78 is 30.0. The number of nitrogens with one attached hydrogen (secondary N) is 1. The predicted octanol–water partition coefficient (Wildman–Crippen LogP) is 3.04. The molecule has 1 amide bonds. The maximum Gasteiger partial charge on any atom is 0.255 e. The standard InChI is InChI=1S/C18H22N2O4S/c1-5-20(25(4,22)23)15-9-7-14(8-10-15)18(21)19-16-12-13(2)6-11-17(16)24-3/h6-12H,5H2,1-4H3,(H,19,21). The third-order valence-corrected chi connectivity index (χ3v) is 4.98. The van der Waals surface area contributed by atoms with E-state index in [1.807, 2.05) is 19.1 Å². The Bertz CT molecular complexity index is 861. The SMILES string of the molecule is CCN(c1ccc(C(=O)Nc2cc(C)ccc2OC)cc1)S(C)(=O)=O. The van der Waals surface area contributed by atoms with Crippen LogP contribution in [0.4, 0.5) is 11.4 Å². The number of benzene rings is 2. The van der Waals surface area contributed by atoms with Gasteiger partial charge < -0.3 is 10.1 Å². The van der Waals surface area contributed by atoms with Gasteiger partial charge in [-0.25, -0.2) is 8.42 Å². The van der Waals surface area contributed by atoms with Crippen LogP contribution in [0, 0.1) is 6.92 Å². The van der Waals surface area contributed by atoms with Crippen molar-refractivity contribution in [2.75, 3.05) is 29.5 Å². The van der Waals surface area contributed by atoms with Crippen LogP contribution in [0.15, 0.2) is 42.5 Å². The van der Waals surface area contributed by atoms with E-state index in [9.17, 15) is 13.2 Å². The third kappa shape index (κ3) is 4.51. The summed E-state index contributed by atoms with van der Waals surface area (Å²) in [5.41, 5.74) is 2.53. The van der Waals surface area contributed by atoms with Gasteiger partial charge in [0.15, 0.2) is 0 Å². The van der Waals surface area contributed by atoms with Crippen LogP contribution in [0.3, 0.4) is 0 Å². The van der Waals surface area contributed by atoms with Crippen LogP contribution in [0.2, 0.25) is 0 Å². The Morgan fingerprint density at radius 2 is 1.80 bits per heavy atom. The van der Waals surface area contributed by atoms with Gasteiger partial charge in [0.1, 0.15) is 5.75 Å². The zero-order valence-corrected chi connectivity index (χ0v) is 15.6. The van der Waals surface area contributed by atoms with Gasteiger partial charge in [-0.05, 0) is 55.8 Å². The Morgan fingerprint density at radius 3 is 2.32 bits per heavy atom. The molecule has 0 bridgehead atoms. The summed E-state index contributed by atoms with van der Waals surface area (Å²) >= 11 is 0. The van der Waals surface area contributed by atoms with Crippen molar-refractivity contribution >= 4 is 27.3 Å². The quantitative estimate of drug-likeness (QED) is 0.857. The van der Waals surface area contributed by atoms with E-state index < -0.39 is 10.0 Å². The van der Waals surface area contributed by atoms with E-state index in [4.69, 9.17) is 4.74 Å². The van der Waals surface area contributed by atoms with E-state index in [0.29, 0.717) is 29.2 Å². The molecule has 0 saturated heterocycles. The number of carbonyl (C=O) groups excluding carboxylic acids is 1. The molecule has 6 nitrogen and oxygen atoms in total. The normalized spacial score (nSPS) is 11.0. The molecular weight excluding hydrogens is 340 g/mol. The van der Waals surface area contributed by atoms with Gasteiger partial charge in [-0.2, -0.15) is 0 Å². The van der Waals surface area contributed by atoms with E-state index in [1.54, 1.807) is 44.4 Å². The van der Waals surface area contributed by atoms with Gasteiger partial charge in [0.05, 0.1) is 24.7 Å². The molecule has 0 spiro atoms. The lowest BCUT2D eigenvalue weighted by molar-refractivity contribution is 0.102. The first kappa shape index (κ1) is 18.8. The molecule has 25 heavy (non-hydrogen) atoms. The Hall–Kier alpha value is -2.54. The molecule has 0 aliphatic carbocycles. The maximum atomic E-state index is 12.4. The number of hydrogen-bond donors (Lipinski definition) is 1. The zero-order valence-electron chi connectivity index (χ0n) is 14.7. The van der Waals surface area contributed by atoms with E-state index >= 15 is 0 Å². The summed E-state index contributed by atoms with van der Waals surface area (Å²) in [6.07, 6.45) is 1.15. The zero-order chi connectivity index (χ0) is 18.6. The minimum absolute atomic E-state index is 0.294. The van der Waals surface area contributed by atoms with Crippen molar-refractivity contribution in [1.82, 2.24) is 0 Å². The minimum Gasteiger partial charge on any atom is -0.495 e. The lowest BCUT2D eigenvalue weighted by Crippen LogP contribution is -2.29. The monoisotopic (exact) mass is 362 g/mol. The number of aryl methyl sites for hydroxylation is 1. The first-order chi connectivity index (χ1) is 11.8.